The molecule has 0 bridgehead atoms. The molecule has 0 amide bonds. The molecule has 3 heterocycles. The molecule has 10 nitrogen and oxygen atoms in total. The fourth-order valence-corrected chi connectivity index (χ4v) is 1.72. The summed E-state index contributed by atoms with van der Waals surface area (Å²) >= 11 is 0. The van der Waals surface area contributed by atoms with E-state index < -0.39 is 0 Å². The van der Waals surface area contributed by atoms with E-state index in [1.54, 1.807) is 10.9 Å². The monoisotopic (exact) mass is 272 g/mol. The van der Waals surface area contributed by atoms with Gasteiger partial charge in [0, 0.05) is 6.54 Å². The quantitative estimate of drug-likeness (QED) is 0.686. The Hall–Kier alpha value is -2.91. The van der Waals surface area contributed by atoms with Crippen LogP contribution in [0.1, 0.15) is 13.3 Å². The van der Waals surface area contributed by atoms with E-state index in [4.69, 9.17) is 5.73 Å². The first-order valence-corrected chi connectivity index (χ1v) is 6.03. The van der Waals surface area contributed by atoms with Crippen LogP contribution in [0.5, 0.6) is 0 Å². The van der Waals surface area contributed by atoms with Gasteiger partial charge in [0.15, 0.2) is 5.82 Å². The fourth-order valence-electron chi connectivity index (χ4n) is 1.72. The van der Waals surface area contributed by atoms with Crippen molar-refractivity contribution in [2.24, 2.45) is 0 Å². The van der Waals surface area contributed by atoms with Crippen molar-refractivity contribution in [3.63, 3.8) is 0 Å². The molecule has 3 aromatic heterocycles. The topological polar surface area (TPSA) is 126 Å². The van der Waals surface area contributed by atoms with E-state index in [-0.39, 0.29) is 5.95 Å². The highest BCUT2D eigenvalue weighted by atomic mass is 15.4. The minimum absolute atomic E-state index is 0.102. The van der Waals surface area contributed by atoms with E-state index in [0.717, 1.165) is 13.0 Å². The third kappa shape index (κ3) is 2.18. The second-order valence-electron chi connectivity index (χ2n) is 4.00. The summed E-state index contributed by atoms with van der Waals surface area (Å²) < 4.78 is 3.13. The summed E-state index contributed by atoms with van der Waals surface area (Å²) in [5.74, 6) is 0.806. The minimum Gasteiger partial charge on any atom is -0.368 e. The van der Waals surface area contributed by atoms with Gasteiger partial charge in [0.2, 0.25) is 5.95 Å². The molecule has 102 valence electrons. The van der Waals surface area contributed by atoms with Crippen molar-refractivity contribution in [1.82, 2.24) is 44.7 Å². The van der Waals surface area contributed by atoms with Crippen LogP contribution in [-0.2, 0) is 6.54 Å². The predicted molar refractivity (Wildman–Crippen MR) is 68.5 cm³/mol. The Kier molecular flexibility index (Phi) is 3.03. The Bertz CT molecular complexity index is 701. The van der Waals surface area contributed by atoms with Gasteiger partial charge in [0.25, 0.3) is 5.95 Å². The maximum Gasteiger partial charge on any atom is 0.257 e. The van der Waals surface area contributed by atoms with Crippen molar-refractivity contribution in [2.75, 3.05) is 5.73 Å². The summed E-state index contributed by atoms with van der Waals surface area (Å²) in [6.45, 7) is 2.77. The summed E-state index contributed by atoms with van der Waals surface area (Å²) in [6.07, 6.45) is 5.39. The van der Waals surface area contributed by atoms with Gasteiger partial charge in [-0.15, -0.1) is 5.10 Å². The molecule has 0 radical (unpaired) electrons. The maximum atomic E-state index is 5.72. The molecule has 10 heteroatoms. The Morgan fingerprint density at radius 2 is 2.15 bits per heavy atom. The summed E-state index contributed by atoms with van der Waals surface area (Å²) in [5, 5.41) is 11.8. The average Bonchev–Trinajstić information content (AvgIpc) is 3.09. The van der Waals surface area contributed by atoms with Gasteiger partial charge in [0.1, 0.15) is 18.3 Å². The zero-order chi connectivity index (χ0) is 13.9. The van der Waals surface area contributed by atoms with Crippen molar-refractivity contribution in [1.29, 1.82) is 0 Å². The van der Waals surface area contributed by atoms with Crippen molar-refractivity contribution < 1.29 is 0 Å². The normalized spacial score (nSPS) is 10.8. The Balaban J connectivity index is 2.08. The number of rotatable bonds is 4. The van der Waals surface area contributed by atoms with E-state index in [1.165, 1.54) is 17.3 Å². The van der Waals surface area contributed by atoms with Crippen LogP contribution in [0, 0.1) is 0 Å². The standard InChI is InChI=1S/C10H12N10/c1-2-3-19-7(4-13-18-19)8-15-9(11)17-10(16-8)20-6-12-5-14-20/h4-6H,2-3H2,1H3,(H2,11,15,16,17). The van der Waals surface area contributed by atoms with Gasteiger partial charge in [0.05, 0.1) is 6.20 Å². The molecule has 3 aromatic rings. The molecular weight excluding hydrogens is 260 g/mol. The number of hydrogen-bond donors (Lipinski definition) is 1. The van der Waals surface area contributed by atoms with Crippen LogP contribution in [0.2, 0.25) is 0 Å². The molecule has 0 saturated carbocycles. The highest BCUT2D eigenvalue weighted by molar-refractivity contribution is 5.50. The smallest absolute Gasteiger partial charge is 0.257 e. The summed E-state index contributed by atoms with van der Waals surface area (Å²) in [7, 11) is 0. The van der Waals surface area contributed by atoms with Crippen molar-refractivity contribution >= 4 is 5.95 Å². The second-order valence-corrected chi connectivity index (χ2v) is 4.00. The average molecular weight is 272 g/mol. The molecule has 0 aromatic carbocycles. The molecule has 0 spiro atoms. The molecule has 0 atom stereocenters. The Labute approximate surface area is 113 Å². The lowest BCUT2D eigenvalue weighted by Crippen LogP contribution is -2.10. The molecule has 0 fully saturated rings. The maximum absolute atomic E-state index is 5.72. The first-order chi connectivity index (χ1) is 9.78. The first kappa shape index (κ1) is 12.1. The molecule has 20 heavy (non-hydrogen) atoms. The SMILES string of the molecule is CCCn1nncc1-c1nc(N)nc(-n2cncn2)n1. The number of nitrogen functional groups attached to an aromatic ring is 1. The van der Waals surface area contributed by atoms with Crippen molar-refractivity contribution in [3.05, 3.63) is 18.9 Å². The van der Waals surface area contributed by atoms with E-state index in [2.05, 4.69) is 35.3 Å². The third-order valence-corrected chi connectivity index (χ3v) is 2.55. The van der Waals surface area contributed by atoms with E-state index in [1.807, 2.05) is 6.92 Å². The minimum atomic E-state index is 0.102. The van der Waals surface area contributed by atoms with Crippen LogP contribution in [0.25, 0.3) is 17.5 Å². The molecule has 0 aliphatic heterocycles. The van der Waals surface area contributed by atoms with Gasteiger partial charge in [-0.3, -0.25) is 0 Å². The Morgan fingerprint density at radius 1 is 1.25 bits per heavy atom. The largest absolute Gasteiger partial charge is 0.368 e. The predicted octanol–water partition coefficient (Wildman–Crippen LogP) is -0.297. The molecule has 3 rings (SSSR count). The van der Waals surface area contributed by atoms with Crippen molar-refractivity contribution in [3.8, 4) is 17.5 Å². The fraction of sp³-hybridized carbons (Fsp3) is 0.300. The van der Waals surface area contributed by atoms with Crippen LogP contribution in [0.4, 0.5) is 5.95 Å². The van der Waals surface area contributed by atoms with Gasteiger partial charge in [-0.2, -0.15) is 24.7 Å². The van der Waals surface area contributed by atoms with Gasteiger partial charge in [-0.25, -0.2) is 9.67 Å². The zero-order valence-electron chi connectivity index (χ0n) is 10.7. The van der Waals surface area contributed by atoms with Gasteiger partial charge < -0.3 is 5.73 Å². The lowest BCUT2D eigenvalue weighted by molar-refractivity contribution is 0.582. The number of hydrogen-bond acceptors (Lipinski definition) is 8. The second kappa shape index (κ2) is 4.99. The molecule has 0 aliphatic carbocycles. The van der Waals surface area contributed by atoms with Crippen molar-refractivity contribution in [2.45, 2.75) is 19.9 Å². The lowest BCUT2D eigenvalue weighted by atomic mass is 10.4. The number of anilines is 1. The molecule has 0 saturated heterocycles. The number of aryl methyl sites for hydroxylation is 1. The van der Waals surface area contributed by atoms with E-state index in [0.29, 0.717) is 17.5 Å². The van der Waals surface area contributed by atoms with Crippen LogP contribution in [0.3, 0.4) is 0 Å². The van der Waals surface area contributed by atoms with E-state index in [9.17, 15) is 0 Å². The van der Waals surface area contributed by atoms with Gasteiger partial charge in [-0.05, 0) is 6.42 Å². The van der Waals surface area contributed by atoms with Crippen LogP contribution in [-0.4, -0.2) is 44.7 Å². The summed E-state index contributed by atoms with van der Waals surface area (Å²) in [6, 6.07) is 0. The van der Waals surface area contributed by atoms with Crippen LogP contribution < -0.4 is 5.73 Å². The molecule has 2 N–H and O–H groups in total. The van der Waals surface area contributed by atoms with Crippen LogP contribution >= 0.6 is 0 Å². The molecular formula is C10H12N10. The van der Waals surface area contributed by atoms with Gasteiger partial charge in [-0.1, -0.05) is 12.1 Å². The number of nitrogens with two attached hydrogens (primary N) is 1. The number of aromatic nitrogens is 9. The Morgan fingerprint density at radius 3 is 2.90 bits per heavy atom. The highest BCUT2D eigenvalue weighted by Crippen LogP contribution is 2.15. The van der Waals surface area contributed by atoms with Gasteiger partial charge >= 0.3 is 0 Å². The summed E-state index contributed by atoms with van der Waals surface area (Å²) in [5.41, 5.74) is 6.40. The zero-order valence-corrected chi connectivity index (χ0v) is 10.7. The highest BCUT2D eigenvalue weighted by Gasteiger charge is 2.13. The van der Waals surface area contributed by atoms with Crippen LogP contribution in [0.15, 0.2) is 18.9 Å². The molecule has 0 unspecified atom stereocenters. The first-order valence-electron chi connectivity index (χ1n) is 6.03. The summed E-state index contributed by atoms with van der Waals surface area (Å²) in [4.78, 5) is 16.3. The lowest BCUT2D eigenvalue weighted by Gasteiger charge is -2.05. The van der Waals surface area contributed by atoms with E-state index >= 15 is 0 Å². The molecule has 0 aliphatic rings. The third-order valence-electron chi connectivity index (χ3n) is 2.55. The number of nitrogens with zero attached hydrogens (tertiary/aromatic N) is 9.